The maximum Gasteiger partial charge on any atom is 0.287 e. The van der Waals surface area contributed by atoms with Gasteiger partial charge in [-0.2, -0.15) is 11.3 Å². The van der Waals surface area contributed by atoms with Gasteiger partial charge in [-0.25, -0.2) is 4.98 Å². The van der Waals surface area contributed by atoms with Crippen molar-refractivity contribution in [2.75, 3.05) is 13.2 Å². The number of amides is 1. The number of nitrogens with zero attached hydrogens (tertiary/aromatic N) is 3. The first-order chi connectivity index (χ1) is 11.7. The highest BCUT2D eigenvalue weighted by molar-refractivity contribution is 7.07. The molecule has 0 spiro atoms. The SMILES string of the molecule is Cn1ccnc1C(=O)N[C@@H]1CN(Cc2ccsc2)[C@H]2CCCO[C@@H]12. The fraction of sp³-hybridized carbons (Fsp3) is 0.529. The molecule has 7 heteroatoms. The molecule has 2 aromatic rings. The molecule has 1 amide bonds. The van der Waals surface area contributed by atoms with E-state index in [1.165, 1.54) is 5.56 Å². The number of aryl methyl sites for hydroxylation is 1. The van der Waals surface area contributed by atoms with E-state index in [2.05, 4.69) is 32.0 Å². The molecule has 24 heavy (non-hydrogen) atoms. The Morgan fingerprint density at radius 3 is 3.21 bits per heavy atom. The lowest BCUT2D eigenvalue weighted by molar-refractivity contribution is -0.0211. The number of rotatable bonds is 4. The van der Waals surface area contributed by atoms with Crippen molar-refractivity contribution in [2.24, 2.45) is 7.05 Å². The summed E-state index contributed by atoms with van der Waals surface area (Å²) in [5.74, 6) is 0.316. The van der Waals surface area contributed by atoms with E-state index in [1.807, 2.05) is 7.05 Å². The Kier molecular flexibility index (Phi) is 4.39. The highest BCUT2D eigenvalue weighted by Crippen LogP contribution is 2.30. The maximum absolute atomic E-state index is 12.5. The maximum atomic E-state index is 12.5. The molecule has 6 nitrogen and oxygen atoms in total. The number of hydrogen-bond acceptors (Lipinski definition) is 5. The summed E-state index contributed by atoms with van der Waals surface area (Å²) in [6.45, 7) is 2.52. The summed E-state index contributed by atoms with van der Waals surface area (Å²) in [7, 11) is 1.83. The molecule has 0 unspecified atom stereocenters. The summed E-state index contributed by atoms with van der Waals surface area (Å²) in [6.07, 6.45) is 5.71. The van der Waals surface area contributed by atoms with E-state index in [0.29, 0.717) is 11.9 Å². The predicted octanol–water partition coefficient (Wildman–Crippen LogP) is 1.64. The van der Waals surface area contributed by atoms with E-state index in [1.54, 1.807) is 28.3 Å². The van der Waals surface area contributed by atoms with Crippen LogP contribution in [0.2, 0.25) is 0 Å². The van der Waals surface area contributed by atoms with Crippen LogP contribution >= 0.6 is 11.3 Å². The van der Waals surface area contributed by atoms with Gasteiger partial charge in [0.15, 0.2) is 5.82 Å². The van der Waals surface area contributed by atoms with Gasteiger partial charge in [-0.15, -0.1) is 0 Å². The van der Waals surface area contributed by atoms with Gasteiger partial charge >= 0.3 is 0 Å². The molecule has 0 saturated carbocycles. The van der Waals surface area contributed by atoms with Crippen molar-refractivity contribution in [3.63, 3.8) is 0 Å². The van der Waals surface area contributed by atoms with Crippen molar-refractivity contribution in [3.05, 3.63) is 40.6 Å². The number of aromatic nitrogens is 2. The monoisotopic (exact) mass is 346 g/mol. The summed E-state index contributed by atoms with van der Waals surface area (Å²) in [5.41, 5.74) is 1.33. The zero-order valence-corrected chi connectivity index (χ0v) is 14.5. The lowest BCUT2D eigenvalue weighted by Gasteiger charge is -2.32. The van der Waals surface area contributed by atoms with Crippen molar-refractivity contribution in [1.82, 2.24) is 19.8 Å². The minimum Gasteiger partial charge on any atom is -0.374 e. The van der Waals surface area contributed by atoms with Crippen LogP contribution < -0.4 is 5.32 Å². The fourth-order valence-electron chi connectivity index (χ4n) is 3.80. The van der Waals surface area contributed by atoms with E-state index in [9.17, 15) is 4.79 Å². The van der Waals surface area contributed by atoms with Crippen LogP contribution in [0.25, 0.3) is 0 Å². The number of ether oxygens (including phenoxy) is 1. The topological polar surface area (TPSA) is 59.4 Å². The van der Waals surface area contributed by atoms with Gasteiger partial charge in [0.25, 0.3) is 5.91 Å². The summed E-state index contributed by atoms with van der Waals surface area (Å²) in [6, 6.07) is 2.56. The van der Waals surface area contributed by atoms with Crippen LogP contribution in [0.4, 0.5) is 0 Å². The van der Waals surface area contributed by atoms with Crippen molar-refractivity contribution in [1.29, 1.82) is 0 Å². The van der Waals surface area contributed by atoms with E-state index in [4.69, 9.17) is 4.74 Å². The standard InChI is InChI=1S/C17H22N4O2S/c1-20-6-5-18-16(20)17(22)19-13-10-21(9-12-4-8-24-11-12)14-3-2-7-23-15(13)14/h4-6,8,11,13-15H,2-3,7,9-10H2,1H3,(H,19,22)/t13-,14+,15+/m1/s1. The zero-order valence-electron chi connectivity index (χ0n) is 13.7. The van der Waals surface area contributed by atoms with Crippen LogP contribution in [-0.4, -0.2) is 51.7 Å². The van der Waals surface area contributed by atoms with E-state index >= 15 is 0 Å². The average molecular weight is 346 g/mol. The zero-order chi connectivity index (χ0) is 16.5. The number of imidazole rings is 1. The predicted molar refractivity (Wildman–Crippen MR) is 92.0 cm³/mol. The van der Waals surface area contributed by atoms with E-state index < -0.39 is 0 Å². The van der Waals surface area contributed by atoms with Gasteiger partial charge in [-0.1, -0.05) is 0 Å². The first-order valence-electron chi connectivity index (χ1n) is 8.37. The quantitative estimate of drug-likeness (QED) is 0.914. The third-order valence-electron chi connectivity index (χ3n) is 4.94. The Morgan fingerprint density at radius 2 is 2.46 bits per heavy atom. The van der Waals surface area contributed by atoms with E-state index in [-0.39, 0.29) is 18.1 Å². The molecule has 0 radical (unpaired) electrons. The highest BCUT2D eigenvalue weighted by Gasteiger charge is 2.44. The summed E-state index contributed by atoms with van der Waals surface area (Å²) in [5, 5.41) is 7.45. The fourth-order valence-corrected chi connectivity index (χ4v) is 4.46. The number of hydrogen-bond donors (Lipinski definition) is 1. The second-order valence-electron chi connectivity index (χ2n) is 6.55. The van der Waals surface area contributed by atoms with Crippen molar-refractivity contribution >= 4 is 17.2 Å². The number of carbonyl (C=O) groups excluding carboxylic acids is 1. The number of nitrogens with one attached hydrogen (secondary N) is 1. The average Bonchev–Trinajstić information content (AvgIpc) is 3.30. The molecule has 3 atom stereocenters. The Morgan fingerprint density at radius 1 is 1.54 bits per heavy atom. The van der Waals surface area contributed by atoms with Crippen LogP contribution in [0.3, 0.4) is 0 Å². The Balaban J connectivity index is 1.48. The van der Waals surface area contributed by atoms with Gasteiger partial charge in [-0.3, -0.25) is 9.69 Å². The van der Waals surface area contributed by atoms with Crippen LogP contribution in [-0.2, 0) is 18.3 Å². The molecule has 2 fully saturated rings. The number of thiophene rings is 1. The molecule has 0 bridgehead atoms. The lowest BCUT2D eigenvalue weighted by atomic mass is 10.0. The van der Waals surface area contributed by atoms with Crippen molar-refractivity contribution in [2.45, 2.75) is 37.6 Å². The van der Waals surface area contributed by atoms with Crippen LogP contribution in [0.15, 0.2) is 29.2 Å². The van der Waals surface area contributed by atoms with Crippen LogP contribution in [0.5, 0.6) is 0 Å². The molecule has 128 valence electrons. The summed E-state index contributed by atoms with van der Waals surface area (Å²) in [4.78, 5) is 19.1. The molecular weight excluding hydrogens is 324 g/mol. The lowest BCUT2D eigenvalue weighted by Crippen LogP contribution is -2.48. The Hall–Kier alpha value is -1.70. The van der Waals surface area contributed by atoms with Crippen molar-refractivity contribution in [3.8, 4) is 0 Å². The van der Waals surface area contributed by atoms with E-state index in [0.717, 1.165) is 32.5 Å². The first-order valence-corrected chi connectivity index (χ1v) is 9.31. The number of likely N-dealkylation sites (tertiary alicyclic amines) is 1. The summed E-state index contributed by atoms with van der Waals surface area (Å²) >= 11 is 1.72. The minimum absolute atomic E-state index is 0.0122. The third kappa shape index (κ3) is 2.99. The molecule has 1 N–H and O–H groups in total. The molecule has 0 aliphatic carbocycles. The van der Waals surface area contributed by atoms with Gasteiger partial charge in [-0.05, 0) is 35.2 Å². The molecule has 4 rings (SSSR count). The van der Waals surface area contributed by atoms with Crippen molar-refractivity contribution < 1.29 is 9.53 Å². The smallest absolute Gasteiger partial charge is 0.287 e. The number of carbonyl (C=O) groups is 1. The van der Waals surface area contributed by atoms with Gasteiger partial charge in [0, 0.05) is 45.2 Å². The summed E-state index contributed by atoms with van der Waals surface area (Å²) < 4.78 is 7.77. The van der Waals surface area contributed by atoms with Crippen LogP contribution in [0, 0.1) is 0 Å². The second kappa shape index (κ2) is 6.66. The number of fused-ring (bicyclic) bond motifs is 1. The Labute approximate surface area is 145 Å². The molecular formula is C17H22N4O2S. The third-order valence-corrected chi connectivity index (χ3v) is 5.67. The minimum atomic E-state index is -0.127. The van der Waals surface area contributed by atoms with Gasteiger partial charge in [0.2, 0.25) is 0 Å². The molecule has 2 saturated heterocycles. The second-order valence-corrected chi connectivity index (χ2v) is 7.33. The van der Waals surface area contributed by atoms with Gasteiger partial charge in [0.05, 0.1) is 12.1 Å². The van der Waals surface area contributed by atoms with Gasteiger partial charge in [0.1, 0.15) is 0 Å². The molecule has 2 aliphatic heterocycles. The highest BCUT2D eigenvalue weighted by atomic mass is 32.1. The molecule has 2 aliphatic rings. The molecule has 0 aromatic carbocycles. The normalized spacial score (nSPS) is 27.1. The molecule has 2 aromatic heterocycles. The largest absolute Gasteiger partial charge is 0.374 e. The molecule has 4 heterocycles. The Bertz CT molecular complexity index is 699. The first kappa shape index (κ1) is 15.8. The van der Waals surface area contributed by atoms with Gasteiger partial charge < -0.3 is 14.6 Å². The van der Waals surface area contributed by atoms with Crippen LogP contribution in [0.1, 0.15) is 29.0 Å².